The number of hydrogen-bond acceptors (Lipinski definition) is 4. The van der Waals surface area contributed by atoms with Crippen LogP contribution in [0.2, 0.25) is 0 Å². The second-order valence-electron chi connectivity index (χ2n) is 6.23. The topological polar surface area (TPSA) is 62.4 Å². The average Bonchev–Trinajstić information content (AvgIpc) is 2.66. The highest BCUT2D eigenvalue weighted by atomic mass is 16.5. The van der Waals surface area contributed by atoms with E-state index in [-0.39, 0.29) is 18.1 Å². The molecule has 1 heterocycles. The molecular weight excluding hydrogens is 302 g/mol. The number of allylic oxidation sites excluding steroid dienone is 4. The molecule has 5 nitrogen and oxygen atoms in total. The van der Waals surface area contributed by atoms with E-state index in [4.69, 9.17) is 4.74 Å². The summed E-state index contributed by atoms with van der Waals surface area (Å²) in [5.74, 6) is -0.0996. The number of hydrazine groups is 1. The third-order valence-corrected chi connectivity index (χ3v) is 4.40. The Morgan fingerprint density at radius 2 is 2.17 bits per heavy atom. The lowest BCUT2D eigenvalue weighted by molar-refractivity contribution is -0.127. The van der Waals surface area contributed by atoms with Crippen molar-refractivity contribution < 1.29 is 9.53 Å². The summed E-state index contributed by atoms with van der Waals surface area (Å²) in [6.45, 7) is 1.12. The Balaban J connectivity index is 1.36. The summed E-state index contributed by atoms with van der Waals surface area (Å²) >= 11 is 0. The molecule has 1 aliphatic heterocycles. The molecule has 0 spiro atoms. The summed E-state index contributed by atoms with van der Waals surface area (Å²) in [6.07, 6.45) is 11.1. The summed E-state index contributed by atoms with van der Waals surface area (Å²) in [7, 11) is 0. The Hall–Kier alpha value is -2.11. The van der Waals surface area contributed by atoms with Crippen LogP contribution in [-0.4, -0.2) is 31.2 Å². The predicted molar refractivity (Wildman–Crippen MR) is 95.4 cm³/mol. The van der Waals surface area contributed by atoms with Crippen molar-refractivity contribution in [1.82, 2.24) is 10.7 Å². The fourth-order valence-electron chi connectivity index (χ4n) is 2.93. The maximum Gasteiger partial charge on any atom is 0.257 e. The van der Waals surface area contributed by atoms with Gasteiger partial charge in [-0.05, 0) is 37.8 Å². The molecule has 0 saturated carbocycles. The lowest BCUT2D eigenvalue weighted by atomic mass is 9.98. The van der Waals surface area contributed by atoms with E-state index in [0.717, 1.165) is 31.4 Å². The van der Waals surface area contributed by atoms with Gasteiger partial charge in [0, 0.05) is 6.54 Å². The minimum Gasteiger partial charge on any atom is -0.375 e. The minimum absolute atomic E-state index is 0.0996. The lowest BCUT2D eigenvalue weighted by Gasteiger charge is -2.30. The number of morpholine rings is 1. The predicted octanol–water partition coefficient (Wildman–Crippen LogP) is 2.54. The zero-order chi connectivity index (χ0) is 16.6. The number of nitrogens with one attached hydrogen (secondary N) is 3. The van der Waals surface area contributed by atoms with Crippen LogP contribution in [0.25, 0.3) is 0 Å². The Bertz CT molecular complexity index is 590. The van der Waals surface area contributed by atoms with Gasteiger partial charge in [0.15, 0.2) is 0 Å². The molecule has 2 atom stereocenters. The molecule has 1 aliphatic carbocycles. The largest absolute Gasteiger partial charge is 0.375 e. The SMILES string of the molecule is O=C(NNc1ccccc1)C1COC(CCC2=CC=CCC2)CN1. The highest BCUT2D eigenvalue weighted by Crippen LogP contribution is 2.19. The van der Waals surface area contributed by atoms with E-state index in [2.05, 4.69) is 34.4 Å². The molecule has 1 amide bonds. The van der Waals surface area contributed by atoms with Gasteiger partial charge in [0.2, 0.25) is 0 Å². The highest BCUT2D eigenvalue weighted by molar-refractivity contribution is 5.83. The van der Waals surface area contributed by atoms with Gasteiger partial charge < -0.3 is 10.1 Å². The number of carbonyl (C=O) groups is 1. The average molecular weight is 327 g/mol. The van der Waals surface area contributed by atoms with E-state index in [1.165, 1.54) is 5.57 Å². The van der Waals surface area contributed by atoms with Gasteiger partial charge in [0.1, 0.15) is 6.04 Å². The first kappa shape index (κ1) is 16.7. The first-order valence-electron chi connectivity index (χ1n) is 8.62. The second-order valence-corrected chi connectivity index (χ2v) is 6.23. The minimum atomic E-state index is -0.311. The fourth-order valence-corrected chi connectivity index (χ4v) is 2.93. The number of carbonyl (C=O) groups excluding carboxylic acids is 1. The monoisotopic (exact) mass is 327 g/mol. The molecule has 1 aromatic carbocycles. The molecule has 2 unspecified atom stereocenters. The molecule has 0 bridgehead atoms. The van der Waals surface area contributed by atoms with Crippen molar-refractivity contribution in [3.63, 3.8) is 0 Å². The molecular formula is C19H25N3O2. The number of hydrogen-bond donors (Lipinski definition) is 3. The van der Waals surface area contributed by atoms with E-state index >= 15 is 0 Å². The number of benzene rings is 1. The molecule has 3 N–H and O–H groups in total. The Morgan fingerprint density at radius 1 is 1.29 bits per heavy atom. The highest BCUT2D eigenvalue weighted by Gasteiger charge is 2.26. The zero-order valence-corrected chi connectivity index (χ0v) is 13.8. The summed E-state index contributed by atoms with van der Waals surface area (Å²) in [5.41, 5.74) is 7.98. The van der Waals surface area contributed by atoms with Crippen LogP contribution in [-0.2, 0) is 9.53 Å². The summed E-state index contributed by atoms with van der Waals surface area (Å²) in [6, 6.07) is 9.25. The molecule has 1 fully saturated rings. The van der Waals surface area contributed by atoms with Gasteiger partial charge in [0.05, 0.1) is 18.4 Å². The lowest BCUT2D eigenvalue weighted by Crippen LogP contribution is -2.54. The number of anilines is 1. The van der Waals surface area contributed by atoms with E-state index in [1.807, 2.05) is 30.3 Å². The number of rotatable bonds is 6. The normalized spacial score (nSPS) is 23.4. The second kappa shape index (κ2) is 8.66. The van der Waals surface area contributed by atoms with Crippen molar-refractivity contribution in [2.45, 2.75) is 37.8 Å². The third kappa shape index (κ3) is 4.94. The van der Waals surface area contributed by atoms with Crippen molar-refractivity contribution in [2.24, 2.45) is 0 Å². The van der Waals surface area contributed by atoms with Gasteiger partial charge in [-0.15, -0.1) is 0 Å². The van der Waals surface area contributed by atoms with E-state index in [9.17, 15) is 4.79 Å². The summed E-state index contributed by atoms with van der Waals surface area (Å²) < 4.78 is 5.86. The van der Waals surface area contributed by atoms with Gasteiger partial charge in [0.25, 0.3) is 5.91 Å². The molecule has 1 aromatic rings. The third-order valence-electron chi connectivity index (χ3n) is 4.40. The fraction of sp³-hybridized carbons (Fsp3) is 0.421. The Morgan fingerprint density at radius 3 is 2.88 bits per heavy atom. The van der Waals surface area contributed by atoms with Crippen LogP contribution >= 0.6 is 0 Å². The number of ether oxygens (including phenoxy) is 1. The van der Waals surface area contributed by atoms with Crippen molar-refractivity contribution in [2.75, 3.05) is 18.6 Å². The smallest absolute Gasteiger partial charge is 0.257 e. The van der Waals surface area contributed by atoms with Gasteiger partial charge in [-0.3, -0.25) is 15.6 Å². The van der Waals surface area contributed by atoms with Crippen molar-refractivity contribution in [1.29, 1.82) is 0 Å². The quantitative estimate of drug-likeness (QED) is 0.703. The summed E-state index contributed by atoms with van der Waals surface area (Å²) in [5, 5.41) is 3.28. The molecule has 0 aromatic heterocycles. The molecule has 2 aliphatic rings. The van der Waals surface area contributed by atoms with Gasteiger partial charge in [-0.1, -0.05) is 42.0 Å². The van der Waals surface area contributed by atoms with Gasteiger partial charge in [-0.25, -0.2) is 0 Å². The van der Waals surface area contributed by atoms with E-state index in [1.54, 1.807) is 0 Å². The Labute approximate surface area is 143 Å². The van der Waals surface area contributed by atoms with Gasteiger partial charge in [-0.2, -0.15) is 0 Å². The maximum absolute atomic E-state index is 12.2. The van der Waals surface area contributed by atoms with E-state index in [0.29, 0.717) is 13.2 Å². The van der Waals surface area contributed by atoms with Crippen LogP contribution in [0.3, 0.4) is 0 Å². The standard InChI is InChI=1S/C19H25N3O2/c23-19(22-21-16-9-5-2-6-10-16)18-14-24-17(13-20-18)12-11-15-7-3-1-4-8-15/h1-3,5-7,9-10,17-18,20-21H,4,8,11-14H2,(H,22,23). The van der Waals surface area contributed by atoms with E-state index < -0.39 is 0 Å². The van der Waals surface area contributed by atoms with Crippen molar-refractivity contribution >= 4 is 11.6 Å². The van der Waals surface area contributed by atoms with Crippen LogP contribution in [0.1, 0.15) is 25.7 Å². The molecule has 0 radical (unpaired) electrons. The first-order chi connectivity index (χ1) is 11.8. The van der Waals surface area contributed by atoms with Crippen LogP contribution in [0.4, 0.5) is 5.69 Å². The number of amides is 1. The molecule has 5 heteroatoms. The van der Waals surface area contributed by atoms with Crippen LogP contribution in [0.15, 0.2) is 54.1 Å². The van der Waals surface area contributed by atoms with Crippen LogP contribution in [0, 0.1) is 0 Å². The molecule has 128 valence electrons. The van der Waals surface area contributed by atoms with Crippen LogP contribution in [0.5, 0.6) is 0 Å². The van der Waals surface area contributed by atoms with Crippen molar-refractivity contribution in [3.8, 4) is 0 Å². The molecule has 24 heavy (non-hydrogen) atoms. The van der Waals surface area contributed by atoms with Crippen LogP contribution < -0.4 is 16.2 Å². The zero-order valence-electron chi connectivity index (χ0n) is 13.8. The van der Waals surface area contributed by atoms with Crippen molar-refractivity contribution in [3.05, 3.63) is 54.1 Å². The molecule has 1 saturated heterocycles. The number of para-hydroxylation sites is 1. The van der Waals surface area contributed by atoms with Gasteiger partial charge >= 0.3 is 0 Å². The Kier molecular flexibility index (Phi) is 6.04. The maximum atomic E-state index is 12.2. The summed E-state index contributed by atoms with van der Waals surface area (Å²) in [4.78, 5) is 12.2. The first-order valence-corrected chi connectivity index (χ1v) is 8.62. The molecule has 3 rings (SSSR count).